The molecule has 2 nitrogen and oxygen atoms in total. The van der Waals surface area contributed by atoms with Gasteiger partial charge in [-0.2, -0.15) is 9.13 Å². The van der Waals surface area contributed by atoms with Gasteiger partial charge in [0.1, 0.15) is 17.6 Å². The Labute approximate surface area is 174 Å². The number of halogens is 1. The zero-order valence-electron chi connectivity index (χ0n) is 15.4. The highest BCUT2D eigenvalue weighted by Gasteiger charge is 2.31. The second kappa shape index (κ2) is 7.10. The van der Waals surface area contributed by atoms with E-state index in [4.69, 9.17) is 0 Å². The maximum absolute atomic E-state index is 2.45. The maximum atomic E-state index is 2.45. The van der Waals surface area contributed by atoms with Crippen molar-refractivity contribution in [1.29, 1.82) is 0 Å². The molecule has 2 aromatic carbocycles. The first-order valence-corrected chi connectivity index (χ1v) is 9.96. The Morgan fingerprint density at radius 3 is 2.56 bits per heavy atom. The lowest BCUT2D eigenvalue weighted by Gasteiger charge is -2.14. The van der Waals surface area contributed by atoms with E-state index in [9.17, 15) is 0 Å². The van der Waals surface area contributed by atoms with Gasteiger partial charge in [0.15, 0.2) is 5.69 Å². The number of imidazole rings is 1. The SMILES string of the molecule is Cc1ccc(-n2c(-c3cccs3)c[n+]3c2CCc2ccccc2-3)cc1C.[Br-]. The first kappa shape index (κ1) is 18.2. The van der Waals surface area contributed by atoms with E-state index >= 15 is 0 Å². The highest BCUT2D eigenvalue weighted by Crippen LogP contribution is 2.31. The van der Waals surface area contributed by atoms with Crippen molar-refractivity contribution in [1.82, 2.24) is 4.57 Å². The third-order valence-corrected chi connectivity index (χ3v) is 6.31. The molecule has 0 unspecified atom stereocenters. The van der Waals surface area contributed by atoms with Gasteiger partial charge in [0.25, 0.3) is 5.82 Å². The lowest BCUT2D eigenvalue weighted by Crippen LogP contribution is -3.00. The lowest BCUT2D eigenvalue weighted by atomic mass is 10.0. The van der Waals surface area contributed by atoms with Crippen LogP contribution in [0, 0.1) is 13.8 Å². The molecule has 0 spiro atoms. The number of hydrogen-bond donors (Lipinski definition) is 0. The average Bonchev–Trinajstić information content (AvgIpc) is 3.31. The molecule has 0 saturated heterocycles. The molecule has 4 heteroatoms. The quantitative estimate of drug-likeness (QED) is 0.426. The Morgan fingerprint density at radius 2 is 1.78 bits per heavy atom. The van der Waals surface area contributed by atoms with E-state index in [0.717, 1.165) is 12.8 Å². The van der Waals surface area contributed by atoms with Gasteiger partial charge in [0, 0.05) is 0 Å². The van der Waals surface area contributed by atoms with Gasteiger partial charge in [0.2, 0.25) is 0 Å². The van der Waals surface area contributed by atoms with Crippen LogP contribution in [0.15, 0.2) is 66.2 Å². The zero-order valence-corrected chi connectivity index (χ0v) is 17.8. The van der Waals surface area contributed by atoms with Crippen molar-refractivity contribution in [2.45, 2.75) is 26.7 Å². The standard InChI is InChI=1S/C23H21N2S.BrH/c1-16-9-11-19(14-17(16)2)25-21(22-8-5-13-26-22)15-24-20-7-4-3-6-18(20)10-12-23(24)25;/h3-9,11,13-15H,10,12H2,1-2H3;1H/q+1;/p-1. The van der Waals surface area contributed by atoms with E-state index < -0.39 is 0 Å². The van der Waals surface area contributed by atoms with Crippen LogP contribution in [0.1, 0.15) is 22.5 Å². The van der Waals surface area contributed by atoms with Crippen LogP contribution in [0.3, 0.4) is 0 Å². The van der Waals surface area contributed by atoms with Crippen molar-refractivity contribution < 1.29 is 21.5 Å². The van der Waals surface area contributed by atoms with E-state index in [1.165, 1.54) is 44.5 Å². The fourth-order valence-corrected chi connectivity index (χ4v) is 4.62. The van der Waals surface area contributed by atoms with Gasteiger partial charge in [-0.1, -0.05) is 30.3 Å². The number of aryl methyl sites for hydroxylation is 3. The van der Waals surface area contributed by atoms with Crippen LogP contribution < -0.4 is 21.5 Å². The van der Waals surface area contributed by atoms with Gasteiger partial charge >= 0.3 is 0 Å². The normalized spacial score (nSPS) is 12.2. The fourth-order valence-electron chi connectivity index (χ4n) is 3.90. The summed E-state index contributed by atoms with van der Waals surface area (Å²) in [5.74, 6) is 1.36. The third-order valence-electron chi connectivity index (χ3n) is 5.42. The Balaban J connectivity index is 0.00000180. The van der Waals surface area contributed by atoms with Gasteiger partial charge in [-0.05, 0) is 66.6 Å². The molecule has 0 N–H and O–H groups in total. The molecule has 0 saturated carbocycles. The average molecular weight is 437 g/mol. The Kier molecular flexibility index (Phi) is 4.79. The summed E-state index contributed by atoms with van der Waals surface area (Å²) >= 11 is 1.80. The maximum Gasteiger partial charge on any atom is 0.267 e. The minimum Gasteiger partial charge on any atom is -1.00 e. The number of para-hydroxylation sites is 1. The molecule has 0 fully saturated rings. The summed E-state index contributed by atoms with van der Waals surface area (Å²) in [6, 6.07) is 19.9. The summed E-state index contributed by atoms with van der Waals surface area (Å²) in [6.07, 6.45) is 4.46. The molecule has 136 valence electrons. The number of fused-ring (bicyclic) bond motifs is 3. The predicted molar refractivity (Wildman–Crippen MR) is 107 cm³/mol. The molecule has 1 aliphatic rings. The molecule has 3 heterocycles. The van der Waals surface area contributed by atoms with Gasteiger partial charge in [-0.15, -0.1) is 11.3 Å². The van der Waals surface area contributed by atoms with Crippen molar-refractivity contribution >= 4 is 11.3 Å². The van der Waals surface area contributed by atoms with Crippen molar-refractivity contribution in [3.8, 4) is 21.9 Å². The molecule has 2 aromatic heterocycles. The summed E-state index contributed by atoms with van der Waals surface area (Å²) in [7, 11) is 0. The first-order valence-electron chi connectivity index (χ1n) is 9.08. The van der Waals surface area contributed by atoms with E-state index in [1.54, 1.807) is 11.3 Å². The van der Waals surface area contributed by atoms with Crippen molar-refractivity contribution in [3.05, 3.63) is 88.7 Å². The van der Waals surface area contributed by atoms with E-state index in [2.05, 4.69) is 89.2 Å². The summed E-state index contributed by atoms with van der Waals surface area (Å²) in [5, 5.41) is 2.16. The number of benzene rings is 2. The molecule has 0 bridgehead atoms. The molecular weight excluding hydrogens is 416 g/mol. The monoisotopic (exact) mass is 436 g/mol. The lowest BCUT2D eigenvalue weighted by molar-refractivity contribution is -0.606. The number of aromatic nitrogens is 2. The first-order chi connectivity index (χ1) is 12.7. The smallest absolute Gasteiger partial charge is 0.267 e. The summed E-state index contributed by atoms with van der Waals surface area (Å²) < 4.78 is 4.84. The second-order valence-electron chi connectivity index (χ2n) is 7.01. The topological polar surface area (TPSA) is 8.81 Å². The Morgan fingerprint density at radius 1 is 0.926 bits per heavy atom. The largest absolute Gasteiger partial charge is 1.00 e. The van der Waals surface area contributed by atoms with Crippen LogP contribution in [-0.2, 0) is 12.8 Å². The predicted octanol–water partition coefficient (Wildman–Crippen LogP) is 2.20. The van der Waals surface area contributed by atoms with Crippen LogP contribution >= 0.6 is 11.3 Å². The molecule has 0 radical (unpaired) electrons. The Bertz CT molecular complexity index is 1110. The number of hydrogen-bond acceptors (Lipinski definition) is 1. The number of nitrogens with zero attached hydrogens (tertiary/aromatic N) is 2. The summed E-state index contributed by atoms with van der Waals surface area (Å²) in [5.41, 5.74) is 7.95. The highest BCUT2D eigenvalue weighted by molar-refractivity contribution is 7.13. The van der Waals surface area contributed by atoms with Gasteiger partial charge in [-0.25, -0.2) is 0 Å². The summed E-state index contributed by atoms with van der Waals surface area (Å²) in [6.45, 7) is 4.37. The van der Waals surface area contributed by atoms with Crippen LogP contribution in [-0.4, -0.2) is 4.57 Å². The van der Waals surface area contributed by atoms with Crippen molar-refractivity contribution in [2.75, 3.05) is 0 Å². The van der Waals surface area contributed by atoms with Crippen LogP contribution in [0.5, 0.6) is 0 Å². The van der Waals surface area contributed by atoms with Crippen LogP contribution in [0.2, 0.25) is 0 Å². The molecule has 0 atom stereocenters. The Hall–Kier alpha value is -2.17. The molecule has 5 rings (SSSR count). The molecule has 27 heavy (non-hydrogen) atoms. The molecule has 4 aromatic rings. The molecule has 0 aliphatic carbocycles. The zero-order chi connectivity index (χ0) is 17.7. The summed E-state index contributed by atoms with van der Waals surface area (Å²) in [4.78, 5) is 1.31. The number of thiophene rings is 1. The molecule has 1 aliphatic heterocycles. The third kappa shape index (κ3) is 2.97. The van der Waals surface area contributed by atoms with Gasteiger partial charge in [-0.3, -0.25) is 0 Å². The van der Waals surface area contributed by atoms with Crippen LogP contribution in [0.25, 0.3) is 21.9 Å². The van der Waals surface area contributed by atoms with E-state index in [-0.39, 0.29) is 17.0 Å². The van der Waals surface area contributed by atoms with Crippen molar-refractivity contribution in [2.24, 2.45) is 0 Å². The number of rotatable bonds is 2. The second-order valence-corrected chi connectivity index (χ2v) is 7.96. The van der Waals surface area contributed by atoms with Gasteiger partial charge in [0.05, 0.1) is 11.3 Å². The molecular formula is C23H21BrN2S. The molecule has 0 amide bonds. The minimum atomic E-state index is 0. The fraction of sp³-hybridized carbons (Fsp3) is 0.174. The van der Waals surface area contributed by atoms with E-state index in [0.29, 0.717) is 0 Å². The van der Waals surface area contributed by atoms with E-state index in [1.807, 2.05) is 0 Å². The van der Waals surface area contributed by atoms with Crippen LogP contribution in [0.4, 0.5) is 0 Å². The van der Waals surface area contributed by atoms with Gasteiger partial charge < -0.3 is 17.0 Å². The highest BCUT2D eigenvalue weighted by atomic mass is 79.9. The minimum absolute atomic E-state index is 0. The van der Waals surface area contributed by atoms with Crippen molar-refractivity contribution in [3.63, 3.8) is 0 Å².